The molecule has 1 aromatic rings. The summed E-state index contributed by atoms with van der Waals surface area (Å²) in [6, 6.07) is 5.56. The van der Waals surface area contributed by atoms with Gasteiger partial charge in [0.25, 0.3) is 5.91 Å². The van der Waals surface area contributed by atoms with E-state index in [2.05, 4.69) is 0 Å². The highest BCUT2D eigenvalue weighted by atomic mass is 16.5. The lowest BCUT2D eigenvalue weighted by molar-refractivity contribution is -0.132. The van der Waals surface area contributed by atoms with E-state index in [1.54, 1.807) is 18.7 Å². The molecule has 0 radical (unpaired) electrons. The number of aliphatic hydroxyl groups excluding tert-OH is 1. The molecule has 0 bridgehead atoms. The van der Waals surface area contributed by atoms with Gasteiger partial charge in [0, 0.05) is 19.2 Å². The van der Waals surface area contributed by atoms with Crippen molar-refractivity contribution in [3.8, 4) is 5.75 Å². The van der Waals surface area contributed by atoms with Crippen LogP contribution in [-0.2, 0) is 4.79 Å². The van der Waals surface area contributed by atoms with Crippen LogP contribution >= 0.6 is 0 Å². The second-order valence-electron chi connectivity index (χ2n) is 5.66. The number of nitrogens with zero attached hydrogens (tertiary/aromatic N) is 1. The van der Waals surface area contributed by atoms with Gasteiger partial charge in [-0.2, -0.15) is 0 Å². The third-order valence-electron chi connectivity index (χ3n) is 3.46. The minimum Gasteiger partial charge on any atom is -0.476 e. The molecule has 0 fully saturated rings. The number of amides is 1. The van der Waals surface area contributed by atoms with Crippen molar-refractivity contribution in [2.24, 2.45) is 5.73 Å². The van der Waals surface area contributed by atoms with Gasteiger partial charge < -0.3 is 20.5 Å². The highest BCUT2D eigenvalue weighted by Gasteiger charge is 2.40. The number of nitrogens with two attached hydrogens (primary N) is 1. The van der Waals surface area contributed by atoms with Crippen LogP contribution < -0.4 is 15.4 Å². The van der Waals surface area contributed by atoms with Crippen LogP contribution in [0.3, 0.4) is 0 Å². The number of hydrogen-bond acceptors (Lipinski definition) is 4. The van der Waals surface area contributed by atoms with Gasteiger partial charge in [0.1, 0.15) is 5.75 Å². The number of rotatable bonds is 4. The Bertz CT molecular complexity index is 512. The Morgan fingerprint density at radius 2 is 2.15 bits per heavy atom. The lowest BCUT2D eigenvalue weighted by Gasteiger charge is -2.39. The summed E-state index contributed by atoms with van der Waals surface area (Å²) >= 11 is 0. The fraction of sp³-hybridized carbons (Fsp3) is 0.533. The molecule has 1 atom stereocenters. The van der Waals surface area contributed by atoms with Crippen LogP contribution in [0.5, 0.6) is 5.75 Å². The van der Waals surface area contributed by atoms with Crippen molar-refractivity contribution < 1.29 is 14.6 Å². The summed E-state index contributed by atoms with van der Waals surface area (Å²) in [6.45, 7) is 5.92. The van der Waals surface area contributed by atoms with Crippen molar-refractivity contribution in [1.82, 2.24) is 0 Å². The minimum atomic E-state index is -0.891. The lowest BCUT2D eigenvalue weighted by Crippen LogP contribution is -2.52. The molecule has 1 unspecified atom stereocenters. The van der Waals surface area contributed by atoms with Crippen molar-refractivity contribution >= 4 is 11.6 Å². The Hall–Kier alpha value is -1.59. The van der Waals surface area contributed by atoms with E-state index in [-0.39, 0.29) is 18.6 Å². The van der Waals surface area contributed by atoms with Gasteiger partial charge in [-0.25, -0.2) is 0 Å². The van der Waals surface area contributed by atoms with Gasteiger partial charge in [-0.15, -0.1) is 0 Å². The number of carbonyl (C=O) groups is 1. The number of ether oxygens (including phenoxy) is 1. The first kappa shape index (κ1) is 14.8. The molecule has 1 aliphatic heterocycles. The molecule has 1 aromatic carbocycles. The molecule has 3 N–H and O–H groups in total. The second kappa shape index (κ2) is 5.42. The molecular weight excluding hydrogens is 256 g/mol. The molecule has 0 aliphatic carbocycles. The van der Waals surface area contributed by atoms with Crippen LogP contribution in [0.4, 0.5) is 5.69 Å². The zero-order valence-electron chi connectivity index (χ0n) is 12.2. The summed E-state index contributed by atoms with van der Waals surface area (Å²) in [6.07, 6.45) is 0.531. The summed E-state index contributed by atoms with van der Waals surface area (Å²) in [5.41, 5.74) is 6.69. The van der Waals surface area contributed by atoms with Crippen LogP contribution in [0.15, 0.2) is 18.2 Å². The van der Waals surface area contributed by atoms with Gasteiger partial charge in [-0.1, -0.05) is 6.07 Å². The maximum Gasteiger partial charge on any atom is 0.270 e. The van der Waals surface area contributed by atoms with Gasteiger partial charge in [0.2, 0.25) is 0 Å². The molecule has 0 spiro atoms. The third kappa shape index (κ3) is 2.64. The Labute approximate surface area is 119 Å². The van der Waals surface area contributed by atoms with Gasteiger partial charge in [-0.3, -0.25) is 4.79 Å². The molecular formula is C15H22N2O3. The highest BCUT2D eigenvalue weighted by molar-refractivity contribution is 6.02. The average Bonchev–Trinajstić information content (AvgIpc) is 2.38. The Kier molecular flexibility index (Phi) is 4.01. The van der Waals surface area contributed by atoms with Crippen molar-refractivity contribution in [2.45, 2.75) is 38.8 Å². The van der Waals surface area contributed by atoms with E-state index in [0.29, 0.717) is 18.7 Å². The van der Waals surface area contributed by atoms with E-state index in [1.807, 2.05) is 25.1 Å². The average molecular weight is 278 g/mol. The molecule has 5 nitrogen and oxygen atoms in total. The fourth-order valence-corrected chi connectivity index (χ4v) is 2.32. The fourth-order valence-electron chi connectivity index (χ4n) is 2.32. The Morgan fingerprint density at radius 1 is 1.45 bits per heavy atom. The van der Waals surface area contributed by atoms with E-state index in [4.69, 9.17) is 15.6 Å². The topological polar surface area (TPSA) is 75.8 Å². The first-order valence-corrected chi connectivity index (χ1v) is 6.88. The number of anilines is 1. The van der Waals surface area contributed by atoms with Gasteiger partial charge in [0.05, 0.1) is 5.69 Å². The summed E-state index contributed by atoms with van der Waals surface area (Å²) in [4.78, 5) is 14.2. The Balaban J connectivity index is 2.45. The predicted octanol–water partition coefficient (Wildman–Crippen LogP) is 1.59. The van der Waals surface area contributed by atoms with E-state index in [0.717, 1.165) is 11.3 Å². The quantitative estimate of drug-likeness (QED) is 0.877. The summed E-state index contributed by atoms with van der Waals surface area (Å²) in [7, 11) is 0. The number of fused-ring (bicyclic) bond motifs is 1. The Morgan fingerprint density at radius 3 is 2.75 bits per heavy atom. The standard InChI is InChI=1S/C15H22N2O3/c1-10(16)11-5-6-13-12(9-11)17(7-4-8-18)14(19)15(2,3)20-13/h5-6,9-10,18H,4,7-8,16H2,1-3H3. The second-order valence-corrected chi connectivity index (χ2v) is 5.66. The van der Waals surface area contributed by atoms with Crippen LogP contribution in [0.25, 0.3) is 0 Å². The summed E-state index contributed by atoms with van der Waals surface area (Å²) in [5, 5.41) is 9.01. The zero-order chi connectivity index (χ0) is 14.9. The van der Waals surface area contributed by atoms with Crippen LogP contribution in [0.2, 0.25) is 0 Å². The van der Waals surface area contributed by atoms with Gasteiger partial charge in [-0.05, 0) is 44.9 Å². The summed E-state index contributed by atoms with van der Waals surface area (Å²) < 4.78 is 5.78. The van der Waals surface area contributed by atoms with Crippen molar-refractivity contribution in [1.29, 1.82) is 0 Å². The molecule has 5 heteroatoms. The summed E-state index contributed by atoms with van der Waals surface area (Å²) in [5.74, 6) is 0.581. The largest absolute Gasteiger partial charge is 0.476 e. The molecule has 20 heavy (non-hydrogen) atoms. The van der Waals surface area contributed by atoms with Crippen molar-refractivity contribution in [2.75, 3.05) is 18.1 Å². The van der Waals surface area contributed by atoms with E-state index >= 15 is 0 Å². The molecule has 110 valence electrons. The first-order chi connectivity index (χ1) is 9.36. The number of carbonyl (C=O) groups excluding carboxylic acids is 1. The molecule has 0 saturated carbocycles. The maximum atomic E-state index is 12.5. The SMILES string of the molecule is CC(N)c1ccc2c(c1)N(CCCO)C(=O)C(C)(C)O2. The minimum absolute atomic E-state index is 0.0490. The van der Waals surface area contributed by atoms with Crippen LogP contribution in [0, 0.1) is 0 Å². The van der Waals surface area contributed by atoms with Gasteiger partial charge >= 0.3 is 0 Å². The number of benzene rings is 1. The number of aliphatic hydroxyl groups is 1. The smallest absolute Gasteiger partial charge is 0.270 e. The maximum absolute atomic E-state index is 12.5. The monoisotopic (exact) mass is 278 g/mol. The normalized spacial score (nSPS) is 18.4. The molecule has 1 aliphatic rings. The van der Waals surface area contributed by atoms with Crippen molar-refractivity contribution in [3.63, 3.8) is 0 Å². The lowest BCUT2D eigenvalue weighted by atomic mass is 10.0. The zero-order valence-corrected chi connectivity index (χ0v) is 12.2. The highest BCUT2D eigenvalue weighted by Crippen LogP contribution is 2.39. The van der Waals surface area contributed by atoms with Gasteiger partial charge in [0.15, 0.2) is 5.60 Å². The molecule has 0 saturated heterocycles. The molecule has 2 rings (SSSR count). The van der Waals surface area contributed by atoms with Crippen molar-refractivity contribution in [3.05, 3.63) is 23.8 Å². The number of hydrogen-bond donors (Lipinski definition) is 2. The predicted molar refractivity (Wildman–Crippen MR) is 77.8 cm³/mol. The molecule has 1 amide bonds. The van der Waals surface area contributed by atoms with Crippen LogP contribution in [0.1, 0.15) is 38.8 Å². The van der Waals surface area contributed by atoms with E-state index in [9.17, 15) is 4.79 Å². The third-order valence-corrected chi connectivity index (χ3v) is 3.46. The first-order valence-electron chi connectivity index (χ1n) is 6.88. The van der Waals surface area contributed by atoms with Crippen LogP contribution in [-0.4, -0.2) is 29.8 Å². The van der Waals surface area contributed by atoms with E-state index in [1.165, 1.54) is 0 Å². The molecule has 1 heterocycles. The molecule has 0 aromatic heterocycles. The van der Waals surface area contributed by atoms with E-state index < -0.39 is 5.60 Å².